The van der Waals surface area contributed by atoms with E-state index in [1.54, 1.807) is 17.0 Å². The smallest absolute Gasteiger partial charge is 0.244 e. The van der Waals surface area contributed by atoms with Gasteiger partial charge in [-0.25, -0.2) is 8.42 Å². The second-order valence-electron chi connectivity index (χ2n) is 7.33. The van der Waals surface area contributed by atoms with Gasteiger partial charge in [-0.3, -0.25) is 4.79 Å². The molecule has 1 aliphatic heterocycles. The molecule has 0 saturated carbocycles. The third kappa shape index (κ3) is 5.43. The van der Waals surface area contributed by atoms with Crippen LogP contribution in [0.5, 0.6) is 5.75 Å². The summed E-state index contributed by atoms with van der Waals surface area (Å²) in [4.78, 5) is 14.6. The molecule has 7 nitrogen and oxygen atoms in total. The number of ether oxygens (including phenoxy) is 2. The van der Waals surface area contributed by atoms with Crippen molar-refractivity contribution in [3.05, 3.63) is 23.3 Å². The summed E-state index contributed by atoms with van der Waals surface area (Å²) in [5.41, 5.74) is 1.78. The Kier molecular flexibility index (Phi) is 7.25. The molecule has 1 saturated heterocycles. The van der Waals surface area contributed by atoms with Crippen LogP contribution in [0.25, 0.3) is 0 Å². The number of amides is 1. The van der Waals surface area contributed by atoms with Crippen LogP contribution in [0, 0.1) is 19.8 Å². The molecule has 0 unspecified atom stereocenters. The lowest BCUT2D eigenvalue weighted by atomic mass is 10.0. The third-order valence-corrected chi connectivity index (χ3v) is 6.19. The molecule has 1 aromatic rings. The fraction of sp³-hybridized carbons (Fsp3) is 0.632. The Balaban J connectivity index is 2.32. The van der Waals surface area contributed by atoms with Crippen molar-refractivity contribution in [2.24, 2.45) is 5.92 Å². The molecular weight excluding hydrogens is 368 g/mol. The molecule has 2 rings (SSSR count). The molecule has 27 heavy (non-hydrogen) atoms. The number of morpholine rings is 1. The Morgan fingerprint density at radius 3 is 2.37 bits per heavy atom. The number of benzene rings is 1. The molecule has 0 bridgehead atoms. The SMILES string of the molecule is COc1cc(C)c(C)cc1S(=O)(=O)N[C@@H](CC(C)C)C(=O)N1CCOCC1. The number of carbonyl (C=O) groups excluding carboxylic acids is 1. The van der Waals surface area contributed by atoms with E-state index >= 15 is 0 Å². The zero-order valence-corrected chi connectivity index (χ0v) is 17.6. The van der Waals surface area contributed by atoms with Gasteiger partial charge in [0.05, 0.1) is 20.3 Å². The van der Waals surface area contributed by atoms with Crippen molar-refractivity contribution < 1.29 is 22.7 Å². The number of hydrogen-bond donors (Lipinski definition) is 1. The zero-order valence-electron chi connectivity index (χ0n) is 16.7. The van der Waals surface area contributed by atoms with E-state index in [1.165, 1.54) is 7.11 Å². The highest BCUT2D eigenvalue weighted by Gasteiger charge is 2.32. The van der Waals surface area contributed by atoms with Crippen LogP contribution in [0.15, 0.2) is 17.0 Å². The van der Waals surface area contributed by atoms with Crippen molar-refractivity contribution in [3.63, 3.8) is 0 Å². The van der Waals surface area contributed by atoms with E-state index in [1.807, 2.05) is 27.7 Å². The summed E-state index contributed by atoms with van der Waals surface area (Å²) in [6, 6.07) is 2.47. The van der Waals surface area contributed by atoms with Crippen LogP contribution in [0.1, 0.15) is 31.4 Å². The van der Waals surface area contributed by atoms with Gasteiger partial charge in [0.25, 0.3) is 0 Å². The van der Waals surface area contributed by atoms with Gasteiger partial charge in [0.1, 0.15) is 16.7 Å². The van der Waals surface area contributed by atoms with Crippen LogP contribution in [0.2, 0.25) is 0 Å². The summed E-state index contributed by atoms with van der Waals surface area (Å²) < 4.78 is 39.3. The highest BCUT2D eigenvalue weighted by Crippen LogP contribution is 2.28. The molecular formula is C19H30N2O5S. The molecule has 1 heterocycles. The van der Waals surface area contributed by atoms with E-state index in [9.17, 15) is 13.2 Å². The van der Waals surface area contributed by atoms with Crippen molar-refractivity contribution >= 4 is 15.9 Å². The number of rotatable bonds is 7. The first kappa shape index (κ1) is 21.7. The number of carbonyl (C=O) groups is 1. The molecule has 1 aromatic carbocycles. The Hall–Kier alpha value is -1.64. The number of sulfonamides is 1. The molecule has 1 N–H and O–H groups in total. The van der Waals surface area contributed by atoms with Gasteiger partial charge < -0.3 is 14.4 Å². The highest BCUT2D eigenvalue weighted by atomic mass is 32.2. The topological polar surface area (TPSA) is 84.9 Å². The first-order valence-corrected chi connectivity index (χ1v) is 10.7. The maximum Gasteiger partial charge on any atom is 0.244 e. The van der Waals surface area contributed by atoms with Crippen LogP contribution in [0.3, 0.4) is 0 Å². The van der Waals surface area contributed by atoms with Gasteiger partial charge in [0.15, 0.2) is 0 Å². The second kappa shape index (κ2) is 9.03. The number of hydrogen-bond acceptors (Lipinski definition) is 5. The van der Waals surface area contributed by atoms with Gasteiger partial charge >= 0.3 is 0 Å². The first-order valence-electron chi connectivity index (χ1n) is 9.19. The van der Waals surface area contributed by atoms with Crippen molar-refractivity contribution in [1.82, 2.24) is 9.62 Å². The van der Waals surface area contributed by atoms with Gasteiger partial charge in [0.2, 0.25) is 15.9 Å². The van der Waals surface area contributed by atoms with E-state index in [-0.39, 0.29) is 22.5 Å². The maximum atomic E-state index is 13.1. The fourth-order valence-corrected chi connectivity index (χ4v) is 4.50. The summed E-state index contributed by atoms with van der Waals surface area (Å²) >= 11 is 0. The normalized spacial score (nSPS) is 16.4. The van der Waals surface area contributed by atoms with Gasteiger partial charge in [-0.2, -0.15) is 4.72 Å². The molecule has 1 aliphatic rings. The number of aryl methyl sites for hydroxylation is 2. The van der Waals surface area contributed by atoms with E-state index in [4.69, 9.17) is 9.47 Å². The summed E-state index contributed by atoms with van der Waals surface area (Å²) in [6.45, 7) is 9.55. The Labute approximate surface area is 162 Å². The van der Waals surface area contributed by atoms with E-state index in [2.05, 4.69) is 4.72 Å². The van der Waals surface area contributed by atoms with E-state index in [0.29, 0.717) is 32.7 Å². The molecule has 1 fully saturated rings. The van der Waals surface area contributed by atoms with Crippen LogP contribution in [0.4, 0.5) is 0 Å². The number of nitrogens with zero attached hydrogens (tertiary/aromatic N) is 1. The van der Waals surface area contributed by atoms with Crippen LogP contribution in [-0.4, -0.2) is 58.7 Å². The third-order valence-electron chi connectivity index (χ3n) is 4.69. The van der Waals surface area contributed by atoms with Gasteiger partial charge in [-0.05, 0) is 49.4 Å². The highest BCUT2D eigenvalue weighted by molar-refractivity contribution is 7.89. The molecule has 0 aliphatic carbocycles. The lowest BCUT2D eigenvalue weighted by Crippen LogP contribution is -2.52. The summed E-state index contributed by atoms with van der Waals surface area (Å²) in [5, 5.41) is 0. The minimum Gasteiger partial charge on any atom is -0.495 e. The molecule has 8 heteroatoms. The minimum absolute atomic E-state index is 0.0524. The van der Waals surface area contributed by atoms with E-state index in [0.717, 1.165) is 11.1 Å². The molecule has 152 valence electrons. The lowest BCUT2D eigenvalue weighted by molar-refractivity contribution is -0.137. The van der Waals surface area contributed by atoms with Gasteiger partial charge in [-0.15, -0.1) is 0 Å². The summed E-state index contributed by atoms with van der Waals surface area (Å²) in [7, 11) is -2.49. The first-order chi connectivity index (χ1) is 12.7. The quantitative estimate of drug-likeness (QED) is 0.758. The number of nitrogens with one attached hydrogen (secondary N) is 1. The van der Waals surface area contributed by atoms with E-state index < -0.39 is 16.1 Å². The summed E-state index contributed by atoms with van der Waals surface area (Å²) in [6.07, 6.45) is 0.419. The molecule has 1 atom stereocenters. The average molecular weight is 399 g/mol. The monoisotopic (exact) mass is 398 g/mol. The Morgan fingerprint density at radius 1 is 1.22 bits per heavy atom. The lowest BCUT2D eigenvalue weighted by Gasteiger charge is -2.31. The molecule has 0 aromatic heterocycles. The molecule has 0 radical (unpaired) electrons. The predicted octanol–water partition coefficient (Wildman–Crippen LogP) is 1.86. The molecule has 1 amide bonds. The van der Waals surface area contributed by atoms with Gasteiger partial charge in [-0.1, -0.05) is 13.8 Å². The van der Waals surface area contributed by atoms with Crippen molar-refractivity contribution in [3.8, 4) is 5.75 Å². The number of methoxy groups -OCH3 is 1. The minimum atomic E-state index is -3.92. The van der Waals surface area contributed by atoms with Gasteiger partial charge in [0, 0.05) is 13.1 Å². The zero-order chi connectivity index (χ0) is 20.2. The standard InChI is InChI=1S/C19H30N2O5S/c1-13(2)10-16(19(22)21-6-8-26-9-7-21)20-27(23,24)18-12-15(4)14(3)11-17(18)25-5/h11-13,16,20H,6-10H2,1-5H3/t16-/m0/s1. The fourth-order valence-electron chi connectivity index (χ4n) is 3.06. The summed E-state index contributed by atoms with van der Waals surface area (Å²) in [5.74, 6) is 0.218. The second-order valence-corrected chi connectivity index (χ2v) is 9.01. The van der Waals surface area contributed by atoms with Crippen LogP contribution >= 0.6 is 0 Å². The van der Waals surface area contributed by atoms with Crippen molar-refractivity contribution in [2.75, 3.05) is 33.4 Å². The van der Waals surface area contributed by atoms with Crippen LogP contribution < -0.4 is 9.46 Å². The average Bonchev–Trinajstić information content (AvgIpc) is 2.62. The maximum absolute atomic E-state index is 13.1. The largest absolute Gasteiger partial charge is 0.495 e. The Bertz CT molecular complexity index is 771. The van der Waals surface area contributed by atoms with Crippen LogP contribution in [-0.2, 0) is 19.6 Å². The molecule has 0 spiro atoms. The predicted molar refractivity (Wildman–Crippen MR) is 103 cm³/mol. The van der Waals surface area contributed by atoms with Crippen molar-refractivity contribution in [1.29, 1.82) is 0 Å². The van der Waals surface area contributed by atoms with Crippen molar-refractivity contribution in [2.45, 2.75) is 45.1 Å². The Morgan fingerprint density at radius 2 is 1.81 bits per heavy atom.